The number of nitrogens with zero attached hydrogens (tertiary/aromatic N) is 4. The van der Waals surface area contributed by atoms with E-state index in [0.717, 1.165) is 47.8 Å². The summed E-state index contributed by atoms with van der Waals surface area (Å²) in [7, 11) is 4.02. The fourth-order valence-corrected chi connectivity index (χ4v) is 2.87. The van der Waals surface area contributed by atoms with Crippen LogP contribution in [-0.4, -0.2) is 60.7 Å². The van der Waals surface area contributed by atoms with E-state index in [9.17, 15) is 4.79 Å². The molecule has 1 unspecified atom stereocenters. The highest BCUT2D eigenvalue weighted by molar-refractivity contribution is 5.68. The number of likely N-dealkylation sites (N-methyl/N-ethyl adjacent to an activating group) is 1. The van der Waals surface area contributed by atoms with Gasteiger partial charge in [0.15, 0.2) is 5.82 Å². The second-order valence-corrected chi connectivity index (χ2v) is 7.13. The molecule has 0 saturated carbocycles. The van der Waals surface area contributed by atoms with Gasteiger partial charge in [0.25, 0.3) is 0 Å². The first-order chi connectivity index (χ1) is 13.4. The quantitative estimate of drug-likeness (QED) is 0.579. The molecule has 2 aromatic rings. The summed E-state index contributed by atoms with van der Waals surface area (Å²) in [5.74, 6) is 1.59. The van der Waals surface area contributed by atoms with E-state index in [1.807, 2.05) is 67.9 Å². The van der Waals surface area contributed by atoms with Crippen molar-refractivity contribution in [2.75, 3.05) is 43.9 Å². The maximum absolute atomic E-state index is 11.3. The Kier molecular flexibility index (Phi) is 7.78. The zero-order valence-corrected chi connectivity index (χ0v) is 17.4. The third-order valence-electron chi connectivity index (χ3n) is 4.68. The molecule has 3 N–H and O–H groups in total. The van der Waals surface area contributed by atoms with Crippen molar-refractivity contribution in [2.24, 2.45) is 5.73 Å². The fourth-order valence-electron chi connectivity index (χ4n) is 2.87. The number of anilines is 2. The van der Waals surface area contributed by atoms with Gasteiger partial charge in [-0.15, -0.1) is 5.10 Å². The first-order valence-corrected chi connectivity index (χ1v) is 9.58. The number of hydrogen-bond acceptors (Lipinski definition) is 6. The van der Waals surface area contributed by atoms with E-state index in [1.165, 1.54) is 0 Å². The van der Waals surface area contributed by atoms with Gasteiger partial charge in [0.2, 0.25) is 0 Å². The van der Waals surface area contributed by atoms with E-state index in [4.69, 9.17) is 10.8 Å². The average molecular weight is 385 g/mol. The van der Waals surface area contributed by atoms with Gasteiger partial charge in [0.05, 0.1) is 12.2 Å². The minimum absolute atomic E-state index is 0.151. The maximum Gasteiger partial charge on any atom is 0.156 e. The molecule has 0 aliphatic heterocycles. The van der Waals surface area contributed by atoms with E-state index < -0.39 is 0 Å². The summed E-state index contributed by atoms with van der Waals surface area (Å²) in [6, 6.07) is 9.74. The van der Waals surface area contributed by atoms with Gasteiger partial charge in [-0.1, -0.05) is 31.7 Å². The molecule has 0 bridgehead atoms. The van der Waals surface area contributed by atoms with E-state index in [0.29, 0.717) is 6.54 Å². The van der Waals surface area contributed by atoms with Gasteiger partial charge < -0.3 is 25.6 Å². The van der Waals surface area contributed by atoms with Gasteiger partial charge in [-0.05, 0) is 39.6 Å². The average Bonchev–Trinajstić information content (AvgIpc) is 3.01. The van der Waals surface area contributed by atoms with Crippen LogP contribution >= 0.6 is 0 Å². The Balaban J connectivity index is 2.49. The molecule has 0 radical (unpaired) electrons. The van der Waals surface area contributed by atoms with Crippen molar-refractivity contribution >= 4 is 17.9 Å². The summed E-state index contributed by atoms with van der Waals surface area (Å²) in [6.45, 7) is 9.93. The molecule has 0 amide bonds. The number of hydrogen-bond donors (Lipinski definition) is 2. The molecule has 1 aromatic heterocycles. The van der Waals surface area contributed by atoms with Crippen LogP contribution in [0.4, 0.5) is 11.6 Å². The van der Waals surface area contributed by atoms with Crippen molar-refractivity contribution in [3.05, 3.63) is 48.2 Å². The van der Waals surface area contributed by atoms with E-state index in [2.05, 4.69) is 16.8 Å². The smallest absolute Gasteiger partial charge is 0.156 e. The Morgan fingerprint density at radius 3 is 2.57 bits per heavy atom. The SMILES string of the molecule is C=C(Nc1c(C)c(N(CC=O)CCN(C)C)nn1-c1ccccc1)C(N)CC. The zero-order valence-electron chi connectivity index (χ0n) is 17.4. The lowest BCUT2D eigenvalue weighted by Gasteiger charge is -2.22. The first-order valence-electron chi connectivity index (χ1n) is 9.58. The molecule has 0 aliphatic carbocycles. The van der Waals surface area contributed by atoms with Crippen molar-refractivity contribution in [3.8, 4) is 5.69 Å². The Morgan fingerprint density at radius 2 is 2.00 bits per heavy atom. The number of carbonyl (C=O) groups is 1. The van der Waals surface area contributed by atoms with Crippen LogP contribution in [0, 0.1) is 6.92 Å². The molecular formula is C21H32N6O. The summed E-state index contributed by atoms with van der Waals surface area (Å²) in [4.78, 5) is 15.4. The molecule has 1 atom stereocenters. The normalized spacial score (nSPS) is 12.1. The van der Waals surface area contributed by atoms with Crippen LogP contribution in [0.15, 0.2) is 42.6 Å². The van der Waals surface area contributed by atoms with Gasteiger partial charge in [-0.25, -0.2) is 4.68 Å². The molecular weight excluding hydrogens is 352 g/mol. The fraction of sp³-hybridized carbons (Fsp3) is 0.429. The van der Waals surface area contributed by atoms with Crippen molar-refractivity contribution in [1.82, 2.24) is 14.7 Å². The molecule has 2 rings (SSSR count). The largest absolute Gasteiger partial charge is 0.347 e. The molecule has 7 heteroatoms. The van der Waals surface area contributed by atoms with Crippen molar-refractivity contribution in [2.45, 2.75) is 26.3 Å². The van der Waals surface area contributed by atoms with Crippen LogP contribution in [0.3, 0.4) is 0 Å². The van der Waals surface area contributed by atoms with Crippen LogP contribution in [0.2, 0.25) is 0 Å². The van der Waals surface area contributed by atoms with E-state index >= 15 is 0 Å². The molecule has 152 valence electrons. The van der Waals surface area contributed by atoms with Crippen molar-refractivity contribution in [1.29, 1.82) is 0 Å². The van der Waals surface area contributed by atoms with E-state index in [1.54, 1.807) is 0 Å². The van der Waals surface area contributed by atoms with Crippen LogP contribution in [0.1, 0.15) is 18.9 Å². The predicted octanol–water partition coefficient (Wildman–Crippen LogP) is 2.41. The third-order valence-corrected chi connectivity index (χ3v) is 4.68. The number of rotatable bonds is 11. The zero-order chi connectivity index (χ0) is 20.7. The summed E-state index contributed by atoms with van der Waals surface area (Å²) in [5, 5.41) is 8.20. The number of aldehydes is 1. The molecule has 7 nitrogen and oxygen atoms in total. The third kappa shape index (κ3) is 5.21. The second kappa shape index (κ2) is 10.1. The van der Waals surface area contributed by atoms with E-state index in [-0.39, 0.29) is 12.6 Å². The maximum atomic E-state index is 11.3. The molecule has 28 heavy (non-hydrogen) atoms. The Morgan fingerprint density at radius 1 is 1.32 bits per heavy atom. The number of nitrogens with two attached hydrogens (primary N) is 1. The lowest BCUT2D eigenvalue weighted by Crippen LogP contribution is -2.33. The number of nitrogens with one attached hydrogen (secondary N) is 1. The molecule has 1 heterocycles. The Hall–Kier alpha value is -2.64. The second-order valence-electron chi connectivity index (χ2n) is 7.13. The van der Waals surface area contributed by atoms with Gasteiger partial charge >= 0.3 is 0 Å². The highest BCUT2D eigenvalue weighted by atomic mass is 16.1. The van der Waals surface area contributed by atoms with Crippen molar-refractivity contribution in [3.63, 3.8) is 0 Å². The standard InChI is InChI=1S/C21H32N6O/c1-6-19(22)17(3)23-20-16(2)21(26(14-15-28)13-12-25(4)5)24-27(20)18-10-8-7-9-11-18/h7-11,15,19,23H,3,6,12-14,22H2,1-2,4-5H3. The highest BCUT2D eigenvalue weighted by Gasteiger charge is 2.21. The summed E-state index contributed by atoms with van der Waals surface area (Å²) >= 11 is 0. The molecule has 0 spiro atoms. The minimum atomic E-state index is -0.151. The molecule has 0 fully saturated rings. The van der Waals surface area contributed by atoms with Gasteiger partial charge in [-0.3, -0.25) is 0 Å². The van der Waals surface area contributed by atoms with Crippen LogP contribution in [0.5, 0.6) is 0 Å². The Bertz CT molecular complexity index is 784. The monoisotopic (exact) mass is 384 g/mol. The lowest BCUT2D eigenvalue weighted by molar-refractivity contribution is -0.106. The Labute approximate surface area is 167 Å². The molecule has 0 saturated heterocycles. The summed E-state index contributed by atoms with van der Waals surface area (Å²) in [5.41, 5.74) is 8.76. The number of aromatic nitrogens is 2. The minimum Gasteiger partial charge on any atom is -0.347 e. The summed E-state index contributed by atoms with van der Waals surface area (Å²) in [6.07, 6.45) is 1.70. The van der Waals surface area contributed by atoms with Gasteiger partial charge in [0.1, 0.15) is 12.1 Å². The highest BCUT2D eigenvalue weighted by Crippen LogP contribution is 2.30. The number of para-hydroxylation sites is 1. The van der Waals surface area contributed by atoms with Crippen molar-refractivity contribution < 1.29 is 4.79 Å². The number of benzene rings is 1. The number of carbonyl (C=O) groups excluding carboxylic acids is 1. The molecule has 0 aliphatic rings. The lowest BCUT2D eigenvalue weighted by atomic mass is 10.2. The van der Waals surface area contributed by atoms with Gasteiger partial charge in [-0.2, -0.15) is 0 Å². The molecule has 1 aromatic carbocycles. The summed E-state index contributed by atoms with van der Waals surface area (Å²) < 4.78 is 1.85. The van der Waals surface area contributed by atoms with Gasteiger partial charge in [0, 0.05) is 30.4 Å². The van der Waals surface area contributed by atoms with Crippen LogP contribution < -0.4 is 16.0 Å². The van der Waals surface area contributed by atoms with Crippen LogP contribution in [0.25, 0.3) is 5.69 Å². The first kappa shape index (κ1) is 21.7. The van der Waals surface area contributed by atoms with Crippen LogP contribution in [-0.2, 0) is 4.79 Å². The predicted molar refractivity (Wildman–Crippen MR) is 116 cm³/mol. The topological polar surface area (TPSA) is 79.4 Å².